The van der Waals surface area contributed by atoms with Crippen molar-refractivity contribution in [1.82, 2.24) is 0 Å². The van der Waals surface area contributed by atoms with E-state index >= 15 is 0 Å². The Morgan fingerprint density at radius 2 is 1.45 bits per heavy atom. The molecule has 0 amide bonds. The molecule has 0 bridgehead atoms. The lowest BCUT2D eigenvalue weighted by molar-refractivity contribution is -0.885. The fraction of sp³-hybridized carbons (Fsp3) is 1.00. The average Bonchev–Trinajstić information content (AvgIpc) is 2.93. The van der Waals surface area contributed by atoms with Crippen LogP contribution >= 0.6 is 7.82 Å². The molecular formula is C14H32NO4P. The zero-order valence-electron chi connectivity index (χ0n) is 13.4. The van der Waals surface area contributed by atoms with Crippen molar-refractivity contribution in [1.29, 1.82) is 0 Å². The van der Waals surface area contributed by atoms with E-state index in [1.807, 2.05) is 13.8 Å². The molecular weight excluding hydrogens is 277 g/mol. The first kappa shape index (κ1) is 20.1. The topological polar surface area (TPSA) is 63.0 Å². The Hall–Kier alpha value is 0.0700. The normalized spacial score (nSPS) is 16.0. The second-order valence-electron chi connectivity index (χ2n) is 5.13. The zero-order chi connectivity index (χ0) is 15.3. The number of likely N-dealkylation sites (tertiary alicyclic amines) is 1. The summed E-state index contributed by atoms with van der Waals surface area (Å²) < 4.78 is 20.2. The number of nitrogens with one attached hydrogen (secondary N) is 1. The second-order valence-corrected chi connectivity index (χ2v) is 6.54. The minimum Gasteiger partial charge on any atom is -0.756 e. The summed E-state index contributed by atoms with van der Waals surface area (Å²) in [5.41, 5.74) is 0. The van der Waals surface area contributed by atoms with Crippen molar-refractivity contribution in [3.05, 3.63) is 0 Å². The quantitative estimate of drug-likeness (QED) is 0.521. The molecule has 0 saturated carbocycles. The molecule has 0 aromatic carbocycles. The summed E-state index contributed by atoms with van der Waals surface area (Å²) >= 11 is 0. The van der Waals surface area contributed by atoms with Gasteiger partial charge in [-0.25, -0.2) is 0 Å². The van der Waals surface area contributed by atoms with Gasteiger partial charge in [-0.2, -0.15) is 0 Å². The van der Waals surface area contributed by atoms with Crippen LogP contribution in [0.15, 0.2) is 0 Å². The Balaban J connectivity index is 0.000000428. The van der Waals surface area contributed by atoms with Crippen molar-refractivity contribution in [2.45, 2.75) is 59.3 Å². The summed E-state index contributed by atoms with van der Waals surface area (Å²) in [7, 11) is -4.00. The van der Waals surface area contributed by atoms with E-state index < -0.39 is 7.82 Å². The molecule has 0 aromatic heterocycles. The van der Waals surface area contributed by atoms with Gasteiger partial charge >= 0.3 is 0 Å². The van der Waals surface area contributed by atoms with Crippen molar-refractivity contribution in [2.24, 2.45) is 0 Å². The fourth-order valence-electron chi connectivity index (χ4n) is 1.91. The predicted octanol–water partition coefficient (Wildman–Crippen LogP) is 1.77. The maximum Gasteiger partial charge on any atom is 0.267 e. The van der Waals surface area contributed by atoms with Crippen LogP contribution in [0.5, 0.6) is 0 Å². The van der Waals surface area contributed by atoms with Crippen molar-refractivity contribution < 1.29 is 23.4 Å². The van der Waals surface area contributed by atoms with E-state index in [0.29, 0.717) is 0 Å². The van der Waals surface area contributed by atoms with Crippen LogP contribution in [0, 0.1) is 0 Å². The zero-order valence-corrected chi connectivity index (χ0v) is 14.3. The summed E-state index contributed by atoms with van der Waals surface area (Å²) in [6, 6.07) is 0. The van der Waals surface area contributed by atoms with Gasteiger partial charge in [0.25, 0.3) is 7.82 Å². The number of phosphoric ester groups is 1. The number of rotatable bonds is 9. The van der Waals surface area contributed by atoms with Crippen LogP contribution in [0.25, 0.3) is 0 Å². The lowest BCUT2D eigenvalue weighted by Crippen LogP contribution is -3.09. The molecule has 0 aromatic rings. The van der Waals surface area contributed by atoms with Gasteiger partial charge in [-0.1, -0.05) is 26.7 Å². The average molecular weight is 309 g/mol. The molecule has 0 radical (unpaired) electrons. The third kappa shape index (κ3) is 11.9. The van der Waals surface area contributed by atoms with Crippen molar-refractivity contribution in [3.63, 3.8) is 0 Å². The molecule has 122 valence electrons. The second kappa shape index (κ2) is 12.8. The predicted molar refractivity (Wildman–Crippen MR) is 79.8 cm³/mol. The van der Waals surface area contributed by atoms with Gasteiger partial charge < -0.3 is 18.8 Å². The van der Waals surface area contributed by atoms with Gasteiger partial charge in [0, 0.05) is 12.8 Å². The van der Waals surface area contributed by atoms with Crippen molar-refractivity contribution in [2.75, 3.05) is 32.8 Å². The highest BCUT2D eigenvalue weighted by atomic mass is 31.2. The largest absolute Gasteiger partial charge is 0.756 e. The van der Waals surface area contributed by atoms with Crippen LogP contribution in [-0.2, 0) is 13.6 Å². The van der Waals surface area contributed by atoms with E-state index in [2.05, 4.69) is 16.0 Å². The van der Waals surface area contributed by atoms with Gasteiger partial charge in [0.1, 0.15) is 0 Å². The first-order valence-corrected chi connectivity index (χ1v) is 9.45. The first-order valence-electron chi connectivity index (χ1n) is 7.99. The summed E-state index contributed by atoms with van der Waals surface area (Å²) in [5.74, 6) is 0. The van der Waals surface area contributed by atoms with Crippen LogP contribution in [0.1, 0.15) is 59.3 Å². The molecule has 5 nitrogen and oxygen atoms in total. The molecule has 1 N–H and O–H groups in total. The van der Waals surface area contributed by atoms with E-state index in [1.165, 1.54) is 32.5 Å². The standard InChI is InChI=1S/C8H19O4P.C6H13N/c1-3-5-7-11-13(9,10)12-8-6-4-2;1-2-7-5-3-4-6-7/h3-8H2,1-2H3,(H,9,10);2-6H2,1H3. The maximum absolute atomic E-state index is 11.0. The van der Waals surface area contributed by atoms with Crippen LogP contribution in [-0.4, -0.2) is 32.8 Å². The molecule has 1 heterocycles. The Kier molecular flexibility index (Phi) is 12.8. The molecule has 0 atom stereocenters. The molecule has 1 fully saturated rings. The summed E-state index contributed by atoms with van der Waals surface area (Å²) in [6.07, 6.45) is 6.23. The smallest absolute Gasteiger partial charge is 0.267 e. The lowest BCUT2D eigenvalue weighted by Gasteiger charge is -2.22. The third-order valence-corrected chi connectivity index (χ3v) is 4.30. The van der Waals surface area contributed by atoms with Crippen molar-refractivity contribution in [3.8, 4) is 0 Å². The monoisotopic (exact) mass is 309 g/mol. The first-order chi connectivity index (χ1) is 9.55. The van der Waals surface area contributed by atoms with Gasteiger partial charge in [0.05, 0.1) is 32.8 Å². The van der Waals surface area contributed by atoms with E-state index in [-0.39, 0.29) is 13.2 Å². The Morgan fingerprint density at radius 3 is 1.75 bits per heavy atom. The molecule has 1 rings (SSSR count). The van der Waals surface area contributed by atoms with Gasteiger partial charge in [0.2, 0.25) is 0 Å². The minimum absolute atomic E-state index is 0.226. The minimum atomic E-state index is -4.00. The molecule has 20 heavy (non-hydrogen) atoms. The fourth-order valence-corrected chi connectivity index (χ4v) is 2.69. The number of phosphoric acid groups is 1. The number of quaternary nitrogens is 1. The van der Waals surface area contributed by atoms with Crippen LogP contribution in [0.2, 0.25) is 0 Å². The van der Waals surface area contributed by atoms with Crippen LogP contribution in [0.4, 0.5) is 0 Å². The van der Waals surface area contributed by atoms with E-state index in [0.717, 1.165) is 25.7 Å². The highest BCUT2D eigenvalue weighted by Gasteiger charge is 2.11. The SMILES string of the molecule is CCCCOP(=O)([O-])OCCCC.CC[NH+]1CCCC1. The number of hydrogen-bond acceptors (Lipinski definition) is 4. The maximum atomic E-state index is 11.0. The highest BCUT2D eigenvalue weighted by Crippen LogP contribution is 2.38. The molecule has 0 unspecified atom stereocenters. The van der Waals surface area contributed by atoms with Gasteiger partial charge in [-0.05, 0) is 19.8 Å². The Bertz CT molecular complexity index is 244. The number of hydrogen-bond donors (Lipinski definition) is 1. The van der Waals surface area contributed by atoms with Gasteiger partial charge in [0.15, 0.2) is 0 Å². The highest BCUT2D eigenvalue weighted by molar-refractivity contribution is 7.45. The summed E-state index contributed by atoms with van der Waals surface area (Å²) in [4.78, 5) is 12.8. The lowest BCUT2D eigenvalue weighted by atomic mass is 10.4. The van der Waals surface area contributed by atoms with Gasteiger partial charge in [-0.15, -0.1) is 0 Å². The van der Waals surface area contributed by atoms with E-state index in [9.17, 15) is 9.46 Å². The molecule has 0 aliphatic carbocycles. The molecule has 1 aliphatic heterocycles. The molecule has 1 saturated heterocycles. The molecule has 1 aliphatic rings. The summed E-state index contributed by atoms with van der Waals surface area (Å²) in [6.45, 7) is 10.8. The van der Waals surface area contributed by atoms with Gasteiger partial charge in [-0.3, -0.25) is 4.57 Å². The molecule has 6 heteroatoms. The number of unbranched alkanes of at least 4 members (excludes halogenated alkanes) is 2. The van der Waals surface area contributed by atoms with E-state index in [4.69, 9.17) is 0 Å². The van der Waals surface area contributed by atoms with Crippen molar-refractivity contribution >= 4 is 7.82 Å². The molecule has 0 spiro atoms. The van der Waals surface area contributed by atoms with Crippen LogP contribution < -0.4 is 9.79 Å². The summed E-state index contributed by atoms with van der Waals surface area (Å²) in [5, 5.41) is 0. The van der Waals surface area contributed by atoms with Crippen LogP contribution in [0.3, 0.4) is 0 Å². The third-order valence-electron chi connectivity index (χ3n) is 3.31. The van der Waals surface area contributed by atoms with E-state index in [1.54, 1.807) is 4.90 Å². The Morgan fingerprint density at radius 1 is 1.00 bits per heavy atom. The Labute approximate surface area is 124 Å².